The molecule has 0 atom stereocenters. The summed E-state index contributed by atoms with van der Waals surface area (Å²) in [7, 11) is 0. The third-order valence-corrected chi connectivity index (χ3v) is 4.31. The second-order valence-electron chi connectivity index (χ2n) is 6.01. The van der Waals surface area contributed by atoms with Crippen molar-refractivity contribution in [2.24, 2.45) is 17.6 Å². The van der Waals surface area contributed by atoms with Gasteiger partial charge in [-0.25, -0.2) is 0 Å². The van der Waals surface area contributed by atoms with E-state index in [-0.39, 0.29) is 0 Å². The number of primary amides is 1. The van der Waals surface area contributed by atoms with Crippen molar-refractivity contribution in [3.05, 3.63) is 23.8 Å². The second-order valence-corrected chi connectivity index (χ2v) is 6.01. The standard InChI is InChI=1S/C16H25N3O/c1-11-2-4-12(5-3-11)8-9-19-15-10-13(17)6-7-14(15)16(18)20/h6-7,10-12,19H,2-5,8-9,17H2,1H3,(H2,18,20). The van der Waals surface area contributed by atoms with Crippen molar-refractivity contribution < 1.29 is 4.79 Å². The van der Waals surface area contributed by atoms with Crippen molar-refractivity contribution in [1.29, 1.82) is 0 Å². The van der Waals surface area contributed by atoms with Crippen molar-refractivity contribution in [1.82, 2.24) is 0 Å². The average molecular weight is 275 g/mol. The Morgan fingerprint density at radius 3 is 2.65 bits per heavy atom. The Morgan fingerprint density at radius 1 is 1.30 bits per heavy atom. The first-order valence-corrected chi connectivity index (χ1v) is 7.49. The molecule has 0 unspecified atom stereocenters. The van der Waals surface area contributed by atoms with Gasteiger partial charge < -0.3 is 16.8 Å². The lowest BCUT2D eigenvalue weighted by Crippen LogP contribution is -2.18. The van der Waals surface area contributed by atoms with Crippen LogP contribution in [0.5, 0.6) is 0 Å². The van der Waals surface area contributed by atoms with Gasteiger partial charge in [-0.2, -0.15) is 0 Å². The lowest BCUT2D eigenvalue weighted by atomic mass is 9.81. The SMILES string of the molecule is CC1CCC(CCNc2cc(N)ccc2C(N)=O)CC1. The van der Waals surface area contributed by atoms with Crippen LogP contribution >= 0.6 is 0 Å². The Morgan fingerprint density at radius 2 is 2.00 bits per heavy atom. The third kappa shape index (κ3) is 3.89. The minimum atomic E-state index is -0.418. The van der Waals surface area contributed by atoms with Crippen LogP contribution in [0.15, 0.2) is 18.2 Å². The van der Waals surface area contributed by atoms with Crippen LogP contribution < -0.4 is 16.8 Å². The molecule has 2 rings (SSSR count). The van der Waals surface area contributed by atoms with Gasteiger partial charge in [0.1, 0.15) is 0 Å². The number of anilines is 2. The molecule has 1 saturated carbocycles. The molecule has 0 aliphatic heterocycles. The molecule has 0 saturated heterocycles. The maximum Gasteiger partial charge on any atom is 0.250 e. The van der Waals surface area contributed by atoms with Gasteiger partial charge in [-0.15, -0.1) is 0 Å². The molecule has 110 valence electrons. The van der Waals surface area contributed by atoms with Crippen molar-refractivity contribution >= 4 is 17.3 Å². The molecule has 0 spiro atoms. The molecule has 0 bridgehead atoms. The van der Waals surface area contributed by atoms with Crippen LogP contribution in [0.2, 0.25) is 0 Å². The van der Waals surface area contributed by atoms with Gasteiger partial charge in [0.05, 0.1) is 5.56 Å². The number of amides is 1. The smallest absolute Gasteiger partial charge is 0.250 e. The number of carbonyl (C=O) groups excluding carboxylic acids is 1. The van der Waals surface area contributed by atoms with Gasteiger partial charge in [0.15, 0.2) is 0 Å². The summed E-state index contributed by atoms with van der Waals surface area (Å²) >= 11 is 0. The minimum Gasteiger partial charge on any atom is -0.399 e. The van der Waals surface area contributed by atoms with Gasteiger partial charge in [-0.1, -0.05) is 32.6 Å². The number of carbonyl (C=O) groups is 1. The zero-order valence-corrected chi connectivity index (χ0v) is 12.2. The Labute approximate surface area is 120 Å². The molecule has 0 aromatic heterocycles. The summed E-state index contributed by atoms with van der Waals surface area (Å²) in [5, 5.41) is 3.31. The summed E-state index contributed by atoms with van der Waals surface area (Å²) in [4.78, 5) is 11.4. The molecule has 0 radical (unpaired) electrons. The topological polar surface area (TPSA) is 81.1 Å². The van der Waals surface area contributed by atoms with E-state index in [9.17, 15) is 4.79 Å². The molecule has 1 aliphatic carbocycles. The number of benzene rings is 1. The molecule has 0 heterocycles. The molecule has 1 aromatic rings. The Hall–Kier alpha value is -1.71. The predicted octanol–water partition coefficient (Wildman–Crippen LogP) is 3.00. The molecule has 4 heteroatoms. The van der Waals surface area contributed by atoms with E-state index in [0.717, 1.165) is 30.5 Å². The summed E-state index contributed by atoms with van der Waals surface area (Å²) in [5.41, 5.74) is 13.0. The summed E-state index contributed by atoms with van der Waals surface area (Å²) in [6.07, 6.45) is 6.47. The lowest BCUT2D eigenvalue weighted by molar-refractivity contribution is 0.100. The van der Waals surface area contributed by atoms with E-state index in [2.05, 4.69) is 12.2 Å². The van der Waals surface area contributed by atoms with Crippen LogP contribution in [0.3, 0.4) is 0 Å². The number of nitrogens with two attached hydrogens (primary N) is 2. The predicted molar refractivity (Wildman–Crippen MR) is 83.6 cm³/mol. The molecule has 1 aromatic carbocycles. The third-order valence-electron chi connectivity index (χ3n) is 4.31. The second kappa shape index (κ2) is 6.64. The van der Waals surface area contributed by atoms with Crippen LogP contribution in [-0.4, -0.2) is 12.5 Å². The molecule has 5 N–H and O–H groups in total. The molecule has 1 amide bonds. The minimum absolute atomic E-state index is 0.418. The fraction of sp³-hybridized carbons (Fsp3) is 0.562. The molecule has 1 aliphatic rings. The highest BCUT2D eigenvalue weighted by molar-refractivity contribution is 5.99. The zero-order valence-electron chi connectivity index (χ0n) is 12.2. The summed E-state index contributed by atoms with van der Waals surface area (Å²) in [6, 6.07) is 5.17. The van der Waals surface area contributed by atoms with Gasteiger partial charge in [0.2, 0.25) is 0 Å². The van der Waals surface area contributed by atoms with Crippen molar-refractivity contribution in [3.8, 4) is 0 Å². The summed E-state index contributed by atoms with van der Waals surface area (Å²) in [5.74, 6) is 1.27. The zero-order chi connectivity index (χ0) is 14.5. The Kier molecular flexibility index (Phi) is 4.88. The van der Waals surface area contributed by atoms with Gasteiger partial charge in [-0.05, 0) is 36.5 Å². The first-order valence-electron chi connectivity index (χ1n) is 7.49. The quantitative estimate of drug-likeness (QED) is 0.722. The normalized spacial score (nSPS) is 22.4. The van der Waals surface area contributed by atoms with Gasteiger partial charge in [-0.3, -0.25) is 4.79 Å². The van der Waals surface area contributed by atoms with E-state index in [1.165, 1.54) is 25.7 Å². The lowest BCUT2D eigenvalue weighted by Gasteiger charge is -2.26. The summed E-state index contributed by atoms with van der Waals surface area (Å²) in [6.45, 7) is 3.20. The maximum absolute atomic E-state index is 11.4. The molecular formula is C16H25N3O. The Bertz CT molecular complexity index is 465. The van der Waals surface area contributed by atoms with Crippen LogP contribution in [0.4, 0.5) is 11.4 Å². The fourth-order valence-electron chi connectivity index (χ4n) is 2.95. The largest absolute Gasteiger partial charge is 0.399 e. The highest BCUT2D eigenvalue weighted by Gasteiger charge is 2.18. The van der Waals surface area contributed by atoms with E-state index in [1.807, 2.05) is 0 Å². The van der Waals surface area contributed by atoms with Crippen molar-refractivity contribution in [3.63, 3.8) is 0 Å². The highest BCUT2D eigenvalue weighted by Crippen LogP contribution is 2.30. The summed E-state index contributed by atoms with van der Waals surface area (Å²) < 4.78 is 0. The molecule has 20 heavy (non-hydrogen) atoms. The number of rotatable bonds is 5. The van der Waals surface area contributed by atoms with E-state index in [1.54, 1.807) is 18.2 Å². The number of nitrogen functional groups attached to an aromatic ring is 1. The van der Waals surface area contributed by atoms with Crippen LogP contribution in [0, 0.1) is 11.8 Å². The van der Waals surface area contributed by atoms with Crippen LogP contribution in [-0.2, 0) is 0 Å². The van der Waals surface area contributed by atoms with E-state index < -0.39 is 5.91 Å². The van der Waals surface area contributed by atoms with Gasteiger partial charge in [0, 0.05) is 17.9 Å². The monoisotopic (exact) mass is 275 g/mol. The first-order chi connectivity index (χ1) is 9.56. The fourth-order valence-corrected chi connectivity index (χ4v) is 2.95. The molecule has 1 fully saturated rings. The van der Waals surface area contributed by atoms with Gasteiger partial charge >= 0.3 is 0 Å². The average Bonchev–Trinajstić information content (AvgIpc) is 2.41. The van der Waals surface area contributed by atoms with Crippen molar-refractivity contribution in [2.75, 3.05) is 17.6 Å². The van der Waals surface area contributed by atoms with Crippen molar-refractivity contribution in [2.45, 2.75) is 39.0 Å². The van der Waals surface area contributed by atoms with Crippen LogP contribution in [0.1, 0.15) is 49.4 Å². The Balaban J connectivity index is 1.87. The van der Waals surface area contributed by atoms with E-state index in [0.29, 0.717) is 11.3 Å². The number of nitrogens with one attached hydrogen (secondary N) is 1. The number of hydrogen-bond donors (Lipinski definition) is 3. The molecular weight excluding hydrogens is 250 g/mol. The highest BCUT2D eigenvalue weighted by atomic mass is 16.1. The van der Waals surface area contributed by atoms with E-state index in [4.69, 9.17) is 11.5 Å². The molecule has 4 nitrogen and oxygen atoms in total. The first kappa shape index (κ1) is 14.7. The number of hydrogen-bond acceptors (Lipinski definition) is 3. The van der Waals surface area contributed by atoms with E-state index >= 15 is 0 Å². The van der Waals surface area contributed by atoms with Gasteiger partial charge in [0.25, 0.3) is 5.91 Å². The maximum atomic E-state index is 11.4. The van der Waals surface area contributed by atoms with Crippen LogP contribution in [0.25, 0.3) is 0 Å².